The Labute approximate surface area is 140 Å². The van der Waals surface area contributed by atoms with Crippen molar-refractivity contribution in [3.8, 4) is 0 Å². The summed E-state index contributed by atoms with van der Waals surface area (Å²) in [6, 6.07) is 0. The highest BCUT2D eigenvalue weighted by atomic mass is 16.6. The van der Waals surface area contributed by atoms with Gasteiger partial charge >= 0.3 is 6.09 Å². The average Bonchev–Trinajstić information content (AvgIpc) is 2.66. The minimum atomic E-state index is -0.485. The van der Waals surface area contributed by atoms with Crippen LogP contribution in [0.25, 0.3) is 0 Å². The molecule has 0 fully saturated rings. The third-order valence-corrected chi connectivity index (χ3v) is 3.59. The first kappa shape index (κ1) is 19.5. The van der Waals surface area contributed by atoms with Crippen molar-refractivity contribution in [1.29, 1.82) is 0 Å². The Morgan fingerprint density at radius 1 is 1.30 bits per heavy atom. The van der Waals surface area contributed by atoms with Crippen LogP contribution in [0.3, 0.4) is 0 Å². The summed E-state index contributed by atoms with van der Waals surface area (Å²) in [5.41, 5.74) is 1.55. The van der Waals surface area contributed by atoms with E-state index in [1.165, 1.54) is 5.56 Å². The molecule has 1 N–H and O–H groups in total. The molecule has 1 heterocycles. The molecule has 0 saturated heterocycles. The first-order chi connectivity index (χ1) is 10.4. The van der Waals surface area contributed by atoms with Gasteiger partial charge in [-0.2, -0.15) is 5.10 Å². The molecular weight excluding hydrogens is 292 g/mol. The van der Waals surface area contributed by atoms with Crippen LogP contribution in [-0.2, 0) is 18.3 Å². The van der Waals surface area contributed by atoms with E-state index in [9.17, 15) is 4.79 Å². The van der Waals surface area contributed by atoms with Crippen LogP contribution in [0.2, 0.25) is 0 Å². The highest BCUT2D eigenvalue weighted by Gasteiger charge is 2.30. The molecule has 0 aliphatic carbocycles. The van der Waals surface area contributed by atoms with Crippen LogP contribution in [0.4, 0.5) is 4.79 Å². The molecule has 0 aliphatic heterocycles. The molecule has 1 aromatic heterocycles. The van der Waals surface area contributed by atoms with E-state index in [1.54, 1.807) is 4.90 Å². The zero-order valence-electron chi connectivity index (χ0n) is 15.9. The van der Waals surface area contributed by atoms with Crippen molar-refractivity contribution in [2.45, 2.75) is 66.2 Å². The number of amides is 1. The van der Waals surface area contributed by atoms with E-state index < -0.39 is 5.60 Å². The number of nitrogens with zero attached hydrogens (tertiary/aromatic N) is 3. The molecule has 1 amide bonds. The molecule has 0 unspecified atom stereocenters. The second-order valence-electron chi connectivity index (χ2n) is 7.86. The average molecular weight is 324 g/mol. The van der Waals surface area contributed by atoms with Gasteiger partial charge in [0, 0.05) is 43.5 Å². The molecule has 23 heavy (non-hydrogen) atoms. The monoisotopic (exact) mass is 324 g/mol. The lowest BCUT2D eigenvalue weighted by Crippen LogP contribution is -2.50. The standard InChI is InChI=1S/C17H32N4O2/c1-13-14(12-19-20(13)8)11-18-9-10-21(16(2,3)4)15(22)23-17(5,6)7/h12,18H,9-11H2,1-8H3. The molecule has 6 nitrogen and oxygen atoms in total. The lowest BCUT2D eigenvalue weighted by Gasteiger charge is -2.36. The van der Waals surface area contributed by atoms with Crippen LogP contribution < -0.4 is 5.32 Å². The van der Waals surface area contributed by atoms with Gasteiger partial charge in [0.1, 0.15) is 5.60 Å². The summed E-state index contributed by atoms with van der Waals surface area (Å²) in [4.78, 5) is 14.2. The van der Waals surface area contributed by atoms with E-state index >= 15 is 0 Å². The summed E-state index contributed by atoms with van der Waals surface area (Å²) in [6.45, 7) is 15.8. The number of aromatic nitrogens is 2. The number of hydrogen-bond acceptors (Lipinski definition) is 4. The van der Waals surface area contributed by atoms with Gasteiger partial charge in [-0.1, -0.05) is 0 Å². The maximum Gasteiger partial charge on any atom is 0.410 e. The number of carbonyl (C=O) groups excluding carboxylic acids is 1. The Kier molecular flexibility index (Phi) is 6.22. The lowest BCUT2D eigenvalue weighted by atomic mass is 10.1. The lowest BCUT2D eigenvalue weighted by molar-refractivity contribution is 0.00663. The van der Waals surface area contributed by atoms with Crippen molar-refractivity contribution in [1.82, 2.24) is 20.0 Å². The summed E-state index contributed by atoms with van der Waals surface area (Å²) in [5.74, 6) is 0. The SMILES string of the molecule is Cc1c(CNCCN(C(=O)OC(C)(C)C)C(C)(C)C)cnn1C. The number of nitrogens with one attached hydrogen (secondary N) is 1. The van der Waals surface area contributed by atoms with Gasteiger partial charge in [0.2, 0.25) is 0 Å². The number of rotatable bonds is 5. The third kappa shape index (κ3) is 6.22. The molecule has 6 heteroatoms. The van der Waals surface area contributed by atoms with Gasteiger partial charge in [-0.15, -0.1) is 0 Å². The fourth-order valence-electron chi connectivity index (χ4n) is 2.15. The molecule has 132 valence electrons. The molecule has 0 aromatic carbocycles. The van der Waals surface area contributed by atoms with Crippen LogP contribution in [0.1, 0.15) is 52.8 Å². The Balaban J connectivity index is 2.55. The summed E-state index contributed by atoms with van der Waals surface area (Å²) in [7, 11) is 1.93. The highest BCUT2D eigenvalue weighted by Crippen LogP contribution is 2.18. The van der Waals surface area contributed by atoms with Gasteiger partial charge in [-0.3, -0.25) is 4.68 Å². The van der Waals surface area contributed by atoms with Crippen molar-refractivity contribution >= 4 is 6.09 Å². The van der Waals surface area contributed by atoms with E-state index in [0.29, 0.717) is 13.1 Å². The number of aryl methyl sites for hydroxylation is 1. The largest absolute Gasteiger partial charge is 0.444 e. The molecule has 0 radical (unpaired) electrons. The Morgan fingerprint density at radius 3 is 2.35 bits per heavy atom. The Morgan fingerprint density at radius 2 is 1.91 bits per heavy atom. The highest BCUT2D eigenvalue weighted by molar-refractivity contribution is 5.69. The Hall–Kier alpha value is -1.56. The predicted molar refractivity (Wildman–Crippen MR) is 92.3 cm³/mol. The summed E-state index contributed by atoms with van der Waals surface area (Å²) in [5, 5.41) is 7.60. The third-order valence-electron chi connectivity index (χ3n) is 3.59. The van der Waals surface area contributed by atoms with Crippen molar-refractivity contribution in [2.24, 2.45) is 7.05 Å². The fourth-order valence-corrected chi connectivity index (χ4v) is 2.15. The van der Waals surface area contributed by atoms with E-state index in [1.807, 2.05) is 66.4 Å². The molecule has 0 saturated carbocycles. The Bertz CT molecular complexity index is 524. The summed E-state index contributed by atoms with van der Waals surface area (Å²) < 4.78 is 7.37. The topological polar surface area (TPSA) is 59.4 Å². The first-order valence-electron chi connectivity index (χ1n) is 8.10. The van der Waals surface area contributed by atoms with Crippen LogP contribution in [0, 0.1) is 6.92 Å². The van der Waals surface area contributed by atoms with Gasteiger partial charge < -0.3 is 15.0 Å². The second-order valence-corrected chi connectivity index (χ2v) is 7.86. The van der Waals surface area contributed by atoms with E-state index in [4.69, 9.17) is 4.74 Å². The van der Waals surface area contributed by atoms with Crippen LogP contribution in [0.15, 0.2) is 6.20 Å². The van der Waals surface area contributed by atoms with Crippen molar-refractivity contribution in [3.63, 3.8) is 0 Å². The van der Waals surface area contributed by atoms with E-state index in [0.717, 1.165) is 12.2 Å². The van der Waals surface area contributed by atoms with Crippen LogP contribution >= 0.6 is 0 Å². The predicted octanol–water partition coefficient (Wildman–Crippen LogP) is 2.85. The van der Waals surface area contributed by atoms with Crippen molar-refractivity contribution < 1.29 is 9.53 Å². The zero-order chi connectivity index (χ0) is 17.8. The summed E-state index contributed by atoms with van der Waals surface area (Å²) in [6.07, 6.45) is 1.60. The molecule has 0 atom stereocenters. The minimum Gasteiger partial charge on any atom is -0.444 e. The molecule has 0 bridgehead atoms. The maximum atomic E-state index is 12.4. The fraction of sp³-hybridized carbons (Fsp3) is 0.765. The van der Waals surface area contributed by atoms with Crippen molar-refractivity contribution in [3.05, 3.63) is 17.5 Å². The number of ether oxygens (including phenoxy) is 1. The zero-order valence-corrected chi connectivity index (χ0v) is 15.9. The molecule has 0 spiro atoms. The van der Waals surface area contributed by atoms with E-state index in [2.05, 4.69) is 10.4 Å². The quantitative estimate of drug-likeness (QED) is 0.846. The maximum absolute atomic E-state index is 12.4. The van der Waals surface area contributed by atoms with Crippen LogP contribution in [-0.4, -0.2) is 45.0 Å². The van der Waals surface area contributed by atoms with Gasteiger partial charge in [0.05, 0.1) is 6.20 Å². The van der Waals surface area contributed by atoms with Gasteiger partial charge in [0.25, 0.3) is 0 Å². The van der Waals surface area contributed by atoms with Gasteiger partial charge in [-0.05, 0) is 48.5 Å². The molecule has 0 aliphatic rings. The second kappa shape index (κ2) is 7.34. The van der Waals surface area contributed by atoms with Gasteiger partial charge in [-0.25, -0.2) is 4.79 Å². The molecule has 1 aromatic rings. The number of hydrogen-bond donors (Lipinski definition) is 1. The normalized spacial score (nSPS) is 12.3. The number of carbonyl (C=O) groups is 1. The molecular formula is C17H32N4O2. The van der Waals surface area contributed by atoms with Gasteiger partial charge in [0.15, 0.2) is 0 Å². The minimum absolute atomic E-state index is 0.274. The molecule has 1 rings (SSSR count). The summed E-state index contributed by atoms with van der Waals surface area (Å²) >= 11 is 0. The van der Waals surface area contributed by atoms with E-state index in [-0.39, 0.29) is 11.6 Å². The van der Waals surface area contributed by atoms with Crippen molar-refractivity contribution in [2.75, 3.05) is 13.1 Å². The first-order valence-corrected chi connectivity index (χ1v) is 8.10. The smallest absolute Gasteiger partial charge is 0.410 e. The van der Waals surface area contributed by atoms with Crippen LogP contribution in [0.5, 0.6) is 0 Å².